The topological polar surface area (TPSA) is 82.3 Å². The molecule has 1 heterocycles. The number of fused-ring (bicyclic) bond motifs is 1. The van der Waals surface area contributed by atoms with E-state index in [1.165, 1.54) is 19.2 Å². The summed E-state index contributed by atoms with van der Waals surface area (Å²) in [5, 5.41) is 0.413. The molecule has 2 rings (SSSR count). The maximum absolute atomic E-state index is 13.5. The number of benzene rings is 1. The van der Waals surface area contributed by atoms with Crippen LogP contribution in [0.4, 0.5) is 4.39 Å². The van der Waals surface area contributed by atoms with E-state index < -0.39 is 17.7 Å². The Hall–Kier alpha value is -2.50. The van der Waals surface area contributed by atoms with Crippen molar-refractivity contribution in [3.8, 4) is 0 Å². The predicted molar refractivity (Wildman–Crippen MR) is 66.3 cm³/mol. The number of ether oxygens (including phenoxy) is 1. The van der Waals surface area contributed by atoms with Crippen molar-refractivity contribution >= 4 is 22.8 Å². The number of aromatic nitrogens is 1. The zero-order chi connectivity index (χ0) is 14.2. The highest BCUT2D eigenvalue weighted by Crippen LogP contribution is 2.22. The zero-order valence-electron chi connectivity index (χ0n) is 10.4. The lowest BCUT2D eigenvalue weighted by Gasteiger charge is -2.08. The largest absolute Gasteiger partial charge is 0.465 e. The summed E-state index contributed by atoms with van der Waals surface area (Å²) in [4.78, 5) is 26.8. The van der Waals surface area contributed by atoms with E-state index in [0.29, 0.717) is 10.9 Å². The second-order valence-corrected chi connectivity index (χ2v) is 4.03. The fraction of sp³-hybridized carbons (Fsp3) is 0.154. The molecule has 0 aliphatic carbocycles. The summed E-state index contributed by atoms with van der Waals surface area (Å²) in [7, 11) is 1.22. The van der Waals surface area contributed by atoms with Crippen molar-refractivity contribution in [2.24, 2.45) is 5.73 Å². The number of nitrogens with two attached hydrogens (primary N) is 1. The number of carbonyl (C=O) groups excluding carboxylic acids is 2. The van der Waals surface area contributed by atoms with Crippen molar-refractivity contribution in [3.63, 3.8) is 0 Å². The van der Waals surface area contributed by atoms with Crippen molar-refractivity contribution in [3.05, 3.63) is 40.8 Å². The van der Waals surface area contributed by atoms with Gasteiger partial charge in [0.1, 0.15) is 11.5 Å². The number of primary amides is 1. The molecular weight excluding hydrogens is 251 g/mol. The van der Waals surface area contributed by atoms with Crippen LogP contribution in [0.3, 0.4) is 0 Å². The highest BCUT2D eigenvalue weighted by molar-refractivity contribution is 6.06. The second kappa shape index (κ2) is 4.64. The molecule has 1 aromatic heterocycles. The Morgan fingerprint density at radius 2 is 2.00 bits per heavy atom. The van der Waals surface area contributed by atoms with Crippen LogP contribution in [0.15, 0.2) is 18.2 Å². The van der Waals surface area contributed by atoms with Crippen LogP contribution in [0.1, 0.15) is 26.4 Å². The van der Waals surface area contributed by atoms with Gasteiger partial charge >= 0.3 is 5.97 Å². The van der Waals surface area contributed by atoms with E-state index >= 15 is 0 Å². The highest BCUT2D eigenvalue weighted by atomic mass is 19.1. The number of rotatable bonds is 2. The van der Waals surface area contributed by atoms with E-state index in [9.17, 15) is 14.0 Å². The molecule has 19 heavy (non-hydrogen) atoms. The molecule has 1 aromatic carbocycles. The Morgan fingerprint density at radius 3 is 2.58 bits per heavy atom. The maximum Gasteiger partial charge on any atom is 0.338 e. The van der Waals surface area contributed by atoms with Crippen LogP contribution in [0, 0.1) is 12.7 Å². The third kappa shape index (κ3) is 2.24. The average molecular weight is 262 g/mol. The lowest BCUT2D eigenvalue weighted by Crippen LogP contribution is -2.15. The first kappa shape index (κ1) is 12.9. The number of hydrogen-bond acceptors (Lipinski definition) is 4. The molecule has 0 spiro atoms. The summed E-state index contributed by atoms with van der Waals surface area (Å²) in [6.07, 6.45) is 0. The SMILES string of the molecule is COC(=O)c1cc(C(N)=O)nc2cc(F)c(C)cc12. The molecule has 0 radical (unpaired) electrons. The normalized spacial score (nSPS) is 10.5. The number of carbonyl (C=O) groups is 2. The number of aryl methyl sites for hydroxylation is 1. The summed E-state index contributed by atoms with van der Waals surface area (Å²) in [6, 6.07) is 3.88. The minimum absolute atomic E-state index is 0.115. The molecule has 0 aliphatic heterocycles. The molecule has 2 N–H and O–H groups in total. The summed E-state index contributed by atoms with van der Waals surface area (Å²) in [5.41, 5.74) is 5.70. The number of esters is 1. The minimum Gasteiger partial charge on any atom is -0.465 e. The van der Waals surface area contributed by atoms with E-state index in [1.807, 2.05) is 0 Å². The smallest absolute Gasteiger partial charge is 0.338 e. The van der Waals surface area contributed by atoms with Crippen molar-refractivity contribution in [1.29, 1.82) is 0 Å². The van der Waals surface area contributed by atoms with Crippen molar-refractivity contribution in [1.82, 2.24) is 4.98 Å². The monoisotopic (exact) mass is 262 g/mol. The van der Waals surface area contributed by atoms with Gasteiger partial charge in [0.15, 0.2) is 0 Å². The van der Waals surface area contributed by atoms with Crippen LogP contribution in [0.25, 0.3) is 10.9 Å². The maximum atomic E-state index is 13.5. The number of pyridine rings is 1. The van der Waals surface area contributed by atoms with Crippen LogP contribution < -0.4 is 5.73 Å². The van der Waals surface area contributed by atoms with Crippen molar-refractivity contribution < 1.29 is 18.7 Å². The number of nitrogens with zero attached hydrogens (tertiary/aromatic N) is 1. The summed E-state index contributed by atoms with van der Waals surface area (Å²) >= 11 is 0. The third-order valence-corrected chi connectivity index (χ3v) is 2.75. The molecule has 0 bridgehead atoms. The van der Waals surface area contributed by atoms with E-state index in [1.54, 1.807) is 6.92 Å². The Balaban J connectivity index is 2.85. The van der Waals surface area contributed by atoms with E-state index in [-0.39, 0.29) is 16.8 Å². The Bertz CT molecular complexity index is 698. The van der Waals surface area contributed by atoms with Gasteiger partial charge < -0.3 is 10.5 Å². The molecule has 98 valence electrons. The van der Waals surface area contributed by atoms with Gasteiger partial charge in [-0.05, 0) is 24.6 Å². The second-order valence-electron chi connectivity index (χ2n) is 4.03. The van der Waals surface area contributed by atoms with Gasteiger partial charge in [0, 0.05) is 11.5 Å². The molecule has 1 amide bonds. The first-order chi connectivity index (χ1) is 8.93. The molecule has 0 saturated heterocycles. The van der Waals surface area contributed by atoms with E-state index in [4.69, 9.17) is 5.73 Å². The number of halogens is 1. The van der Waals surface area contributed by atoms with Crippen LogP contribution in [0.5, 0.6) is 0 Å². The molecule has 5 nitrogen and oxygen atoms in total. The first-order valence-corrected chi connectivity index (χ1v) is 5.43. The van der Waals surface area contributed by atoms with Gasteiger partial charge in [0.05, 0.1) is 18.2 Å². The molecule has 0 aliphatic rings. The standard InChI is InChI=1S/C13H11FN2O3/c1-6-3-7-8(13(18)19-2)4-11(12(15)17)16-10(7)5-9(6)14/h3-5H,1-2H3,(H2,15,17). The van der Waals surface area contributed by atoms with Crippen LogP contribution >= 0.6 is 0 Å². The van der Waals surface area contributed by atoms with Crippen LogP contribution in [-0.4, -0.2) is 24.0 Å². The van der Waals surface area contributed by atoms with Gasteiger partial charge in [0.2, 0.25) is 0 Å². The Kier molecular flexibility index (Phi) is 3.16. The molecule has 0 saturated carbocycles. The van der Waals surface area contributed by atoms with Gasteiger partial charge in [-0.15, -0.1) is 0 Å². The lowest BCUT2D eigenvalue weighted by molar-refractivity contribution is 0.0603. The fourth-order valence-corrected chi connectivity index (χ4v) is 1.76. The van der Waals surface area contributed by atoms with Crippen molar-refractivity contribution in [2.75, 3.05) is 7.11 Å². The van der Waals surface area contributed by atoms with Gasteiger partial charge in [-0.25, -0.2) is 14.2 Å². The van der Waals surface area contributed by atoms with Crippen LogP contribution in [0.2, 0.25) is 0 Å². The summed E-state index contributed by atoms with van der Waals surface area (Å²) in [6.45, 7) is 1.57. The molecule has 6 heteroatoms. The van der Waals surface area contributed by atoms with Gasteiger partial charge in [-0.1, -0.05) is 0 Å². The third-order valence-electron chi connectivity index (χ3n) is 2.75. The number of hydrogen-bond donors (Lipinski definition) is 1. The zero-order valence-corrected chi connectivity index (χ0v) is 10.4. The molecule has 0 unspecified atom stereocenters. The lowest BCUT2D eigenvalue weighted by atomic mass is 10.0. The molecule has 0 atom stereocenters. The summed E-state index contributed by atoms with van der Waals surface area (Å²) in [5.74, 6) is -1.91. The van der Waals surface area contributed by atoms with E-state index in [0.717, 1.165) is 6.07 Å². The first-order valence-electron chi connectivity index (χ1n) is 5.43. The fourth-order valence-electron chi connectivity index (χ4n) is 1.76. The Morgan fingerprint density at radius 1 is 1.32 bits per heavy atom. The van der Waals surface area contributed by atoms with Crippen LogP contribution in [-0.2, 0) is 4.74 Å². The predicted octanol–water partition coefficient (Wildman–Crippen LogP) is 1.57. The summed E-state index contributed by atoms with van der Waals surface area (Å²) < 4.78 is 18.2. The number of methoxy groups -OCH3 is 1. The van der Waals surface area contributed by atoms with Crippen molar-refractivity contribution in [2.45, 2.75) is 6.92 Å². The minimum atomic E-state index is -0.798. The number of amides is 1. The van der Waals surface area contributed by atoms with Gasteiger partial charge in [0.25, 0.3) is 5.91 Å². The van der Waals surface area contributed by atoms with Gasteiger partial charge in [-0.2, -0.15) is 0 Å². The average Bonchev–Trinajstić information content (AvgIpc) is 2.38. The van der Waals surface area contributed by atoms with Gasteiger partial charge in [-0.3, -0.25) is 4.79 Å². The highest BCUT2D eigenvalue weighted by Gasteiger charge is 2.17. The quantitative estimate of drug-likeness (QED) is 0.833. The Labute approximate surface area is 108 Å². The van der Waals surface area contributed by atoms with E-state index in [2.05, 4.69) is 9.72 Å². The molecule has 0 fully saturated rings. The molecule has 2 aromatic rings. The molecular formula is C13H11FN2O3.